The summed E-state index contributed by atoms with van der Waals surface area (Å²) in [6.07, 6.45) is 0. The van der Waals surface area contributed by atoms with E-state index in [-0.39, 0.29) is 11.5 Å². The lowest BCUT2D eigenvalue weighted by atomic mass is 10.1. The van der Waals surface area contributed by atoms with Gasteiger partial charge in [-0.2, -0.15) is 5.10 Å². The van der Waals surface area contributed by atoms with E-state index < -0.39 is 5.91 Å². The first-order valence-corrected chi connectivity index (χ1v) is 7.05. The maximum absolute atomic E-state index is 12.2. The summed E-state index contributed by atoms with van der Waals surface area (Å²) in [5, 5.41) is 23.0. The molecule has 0 heterocycles. The first kappa shape index (κ1) is 17.1. The summed E-state index contributed by atoms with van der Waals surface area (Å²) in [6.45, 7) is 1.63. The number of hydrazone groups is 1. The van der Waals surface area contributed by atoms with Gasteiger partial charge in [-0.3, -0.25) is 4.79 Å². The Morgan fingerprint density at radius 2 is 1.75 bits per heavy atom. The van der Waals surface area contributed by atoms with Crippen LogP contribution in [0.3, 0.4) is 0 Å². The summed E-state index contributed by atoms with van der Waals surface area (Å²) < 4.78 is 10.3. The van der Waals surface area contributed by atoms with Crippen LogP contribution in [0, 0.1) is 0 Å². The lowest BCUT2D eigenvalue weighted by Crippen LogP contribution is -2.19. The zero-order chi connectivity index (χ0) is 17.7. The van der Waals surface area contributed by atoms with Crippen LogP contribution in [0.4, 0.5) is 0 Å². The molecule has 0 saturated carbocycles. The standard InChI is InChI=1S/C17H18N2O5/c1-10(13-6-5-12(20)9-14(13)21)18-19-17(22)11-4-7-15(23-2)16(8-11)24-3/h4-9,20-21H,1-3H3,(H,19,22)/b18-10+. The minimum atomic E-state index is -0.437. The molecule has 24 heavy (non-hydrogen) atoms. The molecule has 0 unspecified atom stereocenters. The van der Waals surface area contributed by atoms with Crippen molar-refractivity contribution in [1.82, 2.24) is 5.43 Å². The molecule has 0 bridgehead atoms. The van der Waals surface area contributed by atoms with Gasteiger partial charge in [0, 0.05) is 17.2 Å². The number of ether oxygens (including phenoxy) is 2. The number of hydrogen-bond acceptors (Lipinski definition) is 6. The Bertz CT molecular complexity index is 787. The molecule has 0 spiro atoms. The monoisotopic (exact) mass is 330 g/mol. The van der Waals surface area contributed by atoms with Crippen LogP contribution in [0.1, 0.15) is 22.8 Å². The van der Waals surface area contributed by atoms with Crippen LogP contribution < -0.4 is 14.9 Å². The van der Waals surface area contributed by atoms with Gasteiger partial charge in [0.2, 0.25) is 0 Å². The third kappa shape index (κ3) is 3.75. The molecule has 0 aromatic heterocycles. The van der Waals surface area contributed by atoms with E-state index in [4.69, 9.17) is 9.47 Å². The van der Waals surface area contributed by atoms with E-state index in [2.05, 4.69) is 10.5 Å². The maximum Gasteiger partial charge on any atom is 0.271 e. The quantitative estimate of drug-likeness (QED) is 0.577. The van der Waals surface area contributed by atoms with Crippen LogP contribution in [-0.4, -0.2) is 36.1 Å². The van der Waals surface area contributed by atoms with Gasteiger partial charge in [0.05, 0.1) is 19.9 Å². The van der Waals surface area contributed by atoms with Crippen molar-refractivity contribution < 1.29 is 24.5 Å². The Balaban J connectivity index is 2.17. The predicted octanol–water partition coefficient (Wildman–Crippen LogP) is 2.27. The molecule has 3 N–H and O–H groups in total. The summed E-state index contributed by atoms with van der Waals surface area (Å²) in [7, 11) is 2.99. The number of carbonyl (C=O) groups excluding carboxylic acids is 1. The Kier molecular flexibility index (Phi) is 5.26. The van der Waals surface area contributed by atoms with Gasteiger partial charge in [-0.15, -0.1) is 0 Å². The summed E-state index contributed by atoms with van der Waals surface area (Å²) in [5.74, 6) is 0.327. The molecule has 2 rings (SSSR count). The molecule has 1 amide bonds. The number of benzene rings is 2. The molecule has 7 nitrogen and oxygen atoms in total. The molecule has 2 aromatic carbocycles. The van der Waals surface area contributed by atoms with Gasteiger partial charge in [0.25, 0.3) is 5.91 Å². The van der Waals surface area contributed by atoms with Crippen molar-refractivity contribution in [2.75, 3.05) is 14.2 Å². The van der Waals surface area contributed by atoms with E-state index in [9.17, 15) is 15.0 Å². The molecular formula is C17H18N2O5. The minimum Gasteiger partial charge on any atom is -0.508 e. The van der Waals surface area contributed by atoms with Crippen LogP contribution in [0.5, 0.6) is 23.0 Å². The Morgan fingerprint density at radius 1 is 1.04 bits per heavy atom. The SMILES string of the molecule is COc1ccc(C(=O)N/N=C(\C)c2ccc(O)cc2O)cc1OC. The van der Waals surface area contributed by atoms with Crippen LogP contribution in [-0.2, 0) is 0 Å². The second kappa shape index (κ2) is 7.36. The van der Waals surface area contributed by atoms with Gasteiger partial charge in [-0.1, -0.05) is 0 Å². The van der Waals surface area contributed by atoms with Gasteiger partial charge in [-0.05, 0) is 37.3 Å². The lowest BCUT2D eigenvalue weighted by Gasteiger charge is -2.09. The molecular weight excluding hydrogens is 312 g/mol. The third-order valence-corrected chi connectivity index (χ3v) is 3.34. The highest BCUT2D eigenvalue weighted by atomic mass is 16.5. The van der Waals surface area contributed by atoms with Gasteiger partial charge in [0.1, 0.15) is 11.5 Å². The van der Waals surface area contributed by atoms with Gasteiger partial charge < -0.3 is 19.7 Å². The van der Waals surface area contributed by atoms with E-state index in [0.717, 1.165) is 0 Å². The van der Waals surface area contributed by atoms with E-state index >= 15 is 0 Å². The molecule has 0 aliphatic rings. The average molecular weight is 330 g/mol. The fourth-order valence-corrected chi connectivity index (χ4v) is 2.06. The normalized spacial score (nSPS) is 11.0. The van der Waals surface area contributed by atoms with Crippen molar-refractivity contribution in [1.29, 1.82) is 0 Å². The highest BCUT2D eigenvalue weighted by Crippen LogP contribution is 2.27. The van der Waals surface area contributed by atoms with Gasteiger partial charge in [-0.25, -0.2) is 5.43 Å². The van der Waals surface area contributed by atoms with Crippen molar-refractivity contribution in [2.24, 2.45) is 5.10 Å². The third-order valence-electron chi connectivity index (χ3n) is 3.34. The molecule has 0 saturated heterocycles. The summed E-state index contributed by atoms with van der Waals surface area (Å²) in [4.78, 5) is 12.2. The van der Waals surface area contributed by atoms with Crippen molar-refractivity contribution in [3.63, 3.8) is 0 Å². The zero-order valence-corrected chi connectivity index (χ0v) is 13.5. The van der Waals surface area contributed by atoms with Crippen molar-refractivity contribution >= 4 is 11.6 Å². The topological polar surface area (TPSA) is 100 Å². The number of nitrogens with zero attached hydrogens (tertiary/aromatic N) is 1. The Morgan fingerprint density at radius 3 is 2.38 bits per heavy atom. The molecule has 7 heteroatoms. The molecule has 126 valence electrons. The number of nitrogens with one attached hydrogen (secondary N) is 1. The Labute approximate surface area is 139 Å². The van der Waals surface area contributed by atoms with Crippen molar-refractivity contribution in [3.8, 4) is 23.0 Å². The molecule has 0 fully saturated rings. The number of carbonyl (C=O) groups is 1. The van der Waals surface area contributed by atoms with Crippen LogP contribution in [0.25, 0.3) is 0 Å². The van der Waals surface area contributed by atoms with Crippen LogP contribution >= 0.6 is 0 Å². The minimum absolute atomic E-state index is 0.0570. The number of rotatable bonds is 5. The first-order chi connectivity index (χ1) is 11.5. The average Bonchev–Trinajstić information content (AvgIpc) is 2.58. The van der Waals surface area contributed by atoms with E-state index in [0.29, 0.717) is 28.3 Å². The van der Waals surface area contributed by atoms with Gasteiger partial charge in [0.15, 0.2) is 11.5 Å². The lowest BCUT2D eigenvalue weighted by molar-refractivity contribution is 0.0954. The van der Waals surface area contributed by atoms with Crippen molar-refractivity contribution in [3.05, 3.63) is 47.5 Å². The molecule has 0 atom stereocenters. The number of methoxy groups -OCH3 is 2. The second-order valence-corrected chi connectivity index (χ2v) is 4.91. The first-order valence-electron chi connectivity index (χ1n) is 7.05. The number of hydrogen-bond donors (Lipinski definition) is 3. The number of amides is 1. The maximum atomic E-state index is 12.2. The second-order valence-electron chi connectivity index (χ2n) is 4.91. The fraction of sp³-hybridized carbons (Fsp3) is 0.176. The predicted molar refractivity (Wildman–Crippen MR) is 89.0 cm³/mol. The smallest absolute Gasteiger partial charge is 0.271 e. The highest BCUT2D eigenvalue weighted by molar-refractivity contribution is 6.02. The van der Waals surface area contributed by atoms with E-state index in [1.807, 2.05) is 0 Å². The van der Waals surface area contributed by atoms with Crippen molar-refractivity contribution in [2.45, 2.75) is 6.92 Å². The van der Waals surface area contributed by atoms with Crippen LogP contribution in [0.2, 0.25) is 0 Å². The summed E-state index contributed by atoms with van der Waals surface area (Å²) >= 11 is 0. The van der Waals surface area contributed by atoms with E-state index in [1.54, 1.807) is 19.1 Å². The van der Waals surface area contributed by atoms with Crippen LogP contribution in [0.15, 0.2) is 41.5 Å². The number of phenolic OH excluding ortho intramolecular Hbond substituents is 2. The van der Waals surface area contributed by atoms with Gasteiger partial charge >= 0.3 is 0 Å². The summed E-state index contributed by atoms with van der Waals surface area (Å²) in [6, 6.07) is 8.87. The number of aromatic hydroxyl groups is 2. The summed E-state index contributed by atoms with van der Waals surface area (Å²) in [5.41, 5.74) is 3.55. The van der Waals surface area contributed by atoms with E-state index in [1.165, 1.54) is 38.5 Å². The Hall–Kier alpha value is -3.22. The highest BCUT2D eigenvalue weighted by Gasteiger charge is 2.11. The number of phenols is 2. The zero-order valence-electron chi connectivity index (χ0n) is 13.5. The largest absolute Gasteiger partial charge is 0.508 e. The molecule has 0 aliphatic carbocycles. The molecule has 0 radical (unpaired) electrons. The fourth-order valence-electron chi connectivity index (χ4n) is 2.06. The molecule has 0 aliphatic heterocycles. The molecule has 2 aromatic rings.